The molecule has 0 bridgehead atoms. The summed E-state index contributed by atoms with van der Waals surface area (Å²) >= 11 is 0. The third kappa shape index (κ3) is 4.92. The van der Waals surface area contributed by atoms with Gasteiger partial charge in [0, 0.05) is 26.1 Å². The number of halogens is 1. The molecule has 2 unspecified atom stereocenters. The highest BCUT2D eigenvalue weighted by molar-refractivity contribution is 7.95. The molecular weight excluding hydrogens is 409 g/mol. The van der Waals surface area contributed by atoms with E-state index >= 15 is 0 Å². The van der Waals surface area contributed by atoms with Crippen LogP contribution in [0, 0.1) is 17.7 Å². The van der Waals surface area contributed by atoms with Gasteiger partial charge < -0.3 is 14.4 Å². The molecule has 1 fully saturated rings. The maximum atomic E-state index is 13.5. The van der Waals surface area contributed by atoms with Crippen molar-refractivity contribution in [1.82, 2.24) is 4.90 Å². The smallest absolute Gasteiger partial charge is 0.410 e. The van der Waals surface area contributed by atoms with Crippen LogP contribution in [-0.2, 0) is 19.3 Å². The van der Waals surface area contributed by atoms with Gasteiger partial charge in [-0.1, -0.05) is 12.1 Å². The lowest BCUT2D eigenvalue weighted by atomic mass is 9.84. The van der Waals surface area contributed by atoms with Gasteiger partial charge in [0.25, 0.3) is 0 Å². The first kappa shape index (κ1) is 22.5. The number of likely N-dealkylation sites (tertiary alicyclic amines) is 1. The van der Waals surface area contributed by atoms with Crippen LogP contribution in [0.2, 0.25) is 0 Å². The topological polar surface area (TPSA) is 72.9 Å². The molecule has 1 aliphatic carbocycles. The Bertz CT molecular complexity index is 964. The van der Waals surface area contributed by atoms with Crippen LogP contribution in [0.25, 0.3) is 0 Å². The van der Waals surface area contributed by atoms with E-state index in [0.29, 0.717) is 13.1 Å². The van der Waals surface area contributed by atoms with Crippen LogP contribution in [0.1, 0.15) is 27.2 Å². The van der Waals surface area contributed by atoms with Crippen LogP contribution in [0.4, 0.5) is 9.18 Å². The van der Waals surface area contributed by atoms with Crippen LogP contribution < -0.4 is 0 Å². The number of sulfone groups is 1. The molecule has 0 radical (unpaired) electrons. The Labute approximate surface area is 177 Å². The van der Waals surface area contributed by atoms with Crippen LogP contribution in [0.3, 0.4) is 0 Å². The third-order valence-electron chi connectivity index (χ3n) is 5.30. The minimum Gasteiger partial charge on any atom is -0.444 e. The first-order chi connectivity index (χ1) is 14.0. The number of hydrogen-bond acceptors (Lipinski definition) is 5. The van der Waals surface area contributed by atoms with Gasteiger partial charge in [0.1, 0.15) is 11.4 Å². The standard InChI is InChI=1S/C22H28FNO5S/c1-22(2,3)29-21(25)24-11-10-15(14-24)19-9-8-18(13-20(19)28-4)30(26,27)17-7-5-6-16(23)12-17/h5-9,12-13,15,19-20H,10-11,14H2,1-4H3/t15-,19?,20?/m1/s1. The van der Waals surface area contributed by atoms with Crippen molar-refractivity contribution in [3.8, 4) is 0 Å². The lowest BCUT2D eigenvalue weighted by Gasteiger charge is -2.30. The number of methoxy groups -OCH3 is 1. The van der Waals surface area contributed by atoms with E-state index < -0.39 is 27.4 Å². The molecule has 1 aliphatic heterocycles. The van der Waals surface area contributed by atoms with Crippen molar-refractivity contribution in [1.29, 1.82) is 0 Å². The minimum absolute atomic E-state index is 0.0751. The molecule has 1 heterocycles. The van der Waals surface area contributed by atoms with Gasteiger partial charge in [-0.15, -0.1) is 0 Å². The third-order valence-corrected chi connectivity index (χ3v) is 7.07. The second-order valence-electron chi connectivity index (χ2n) is 8.64. The number of ether oxygens (including phenoxy) is 2. The molecule has 1 saturated heterocycles. The van der Waals surface area contributed by atoms with Gasteiger partial charge in [0.05, 0.1) is 15.9 Å². The van der Waals surface area contributed by atoms with E-state index in [9.17, 15) is 17.6 Å². The summed E-state index contributed by atoms with van der Waals surface area (Å²) in [4.78, 5) is 14.0. The molecule has 2 aliphatic rings. The fourth-order valence-electron chi connectivity index (χ4n) is 3.84. The highest BCUT2D eigenvalue weighted by Crippen LogP contribution is 2.35. The molecule has 1 aromatic carbocycles. The van der Waals surface area contributed by atoms with Gasteiger partial charge in [-0.3, -0.25) is 0 Å². The highest BCUT2D eigenvalue weighted by Gasteiger charge is 2.38. The Kier molecular flexibility index (Phi) is 6.38. The second-order valence-corrected chi connectivity index (χ2v) is 10.6. The Morgan fingerprint density at radius 2 is 2.00 bits per heavy atom. The molecule has 3 rings (SSSR count). The van der Waals surface area contributed by atoms with E-state index in [1.54, 1.807) is 17.1 Å². The van der Waals surface area contributed by atoms with Crippen molar-refractivity contribution in [3.63, 3.8) is 0 Å². The summed E-state index contributed by atoms with van der Waals surface area (Å²) < 4.78 is 50.3. The van der Waals surface area contributed by atoms with Gasteiger partial charge in [0.15, 0.2) is 0 Å². The van der Waals surface area contributed by atoms with Gasteiger partial charge >= 0.3 is 6.09 Å². The summed E-state index contributed by atoms with van der Waals surface area (Å²) in [5.74, 6) is -0.562. The molecule has 0 saturated carbocycles. The predicted molar refractivity (Wildman–Crippen MR) is 111 cm³/mol. The van der Waals surface area contributed by atoms with Gasteiger partial charge in [0.2, 0.25) is 9.84 Å². The van der Waals surface area contributed by atoms with E-state index in [-0.39, 0.29) is 27.7 Å². The Hall–Kier alpha value is -2.19. The number of carbonyl (C=O) groups is 1. The summed E-state index contributed by atoms with van der Waals surface area (Å²) in [7, 11) is -2.32. The molecule has 1 amide bonds. The van der Waals surface area contributed by atoms with Crippen molar-refractivity contribution in [2.45, 2.75) is 43.8 Å². The van der Waals surface area contributed by atoms with E-state index in [0.717, 1.165) is 12.5 Å². The molecular formula is C22H28FNO5S. The first-order valence-corrected chi connectivity index (χ1v) is 11.4. The molecule has 30 heavy (non-hydrogen) atoms. The molecule has 3 atom stereocenters. The Morgan fingerprint density at radius 3 is 2.63 bits per heavy atom. The monoisotopic (exact) mass is 437 g/mol. The Morgan fingerprint density at radius 1 is 1.27 bits per heavy atom. The van der Waals surface area contributed by atoms with Gasteiger partial charge in [-0.05, 0) is 63.5 Å². The van der Waals surface area contributed by atoms with Gasteiger partial charge in [-0.2, -0.15) is 0 Å². The normalized spacial score (nSPS) is 24.6. The lowest BCUT2D eigenvalue weighted by molar-refractivity contribution is 0.0271. The average Bonchev–Trinajstić information content (AvgIpc) is 3.16. The van der Waals surface area contributed by atoms with Crippen molar-refractivity contribution in [2.24, 2.45) is 11.8 Å². The summed E-state index contributed by atoms with van der Waals surface area (Å²) in [6.45, 7) is 6.58. The molecule has 0 N–H and O–H groups in total. The summed E-state index contributed by atoms with van der Waals surface area (Å²) in [6, 6.07) is 4.95. The molecule has 0 spiro atoms. The van der Waals surface area contributed by atoms with Crippen LogP contribution in [-0.4, -0.2) is 51.3 Å². The van der Waals surface area contributed by atoms with Crippen LogP contribution >= 0.6 is 0 Å². The number of benzene rings is 1. The van der Waals surface area contributed by atoms with Crippen LogP contribution in [0.5, 0.6) is 0 Å². The second kappa shape index (κ2) is 8.51. The minimum atomic E-state index is -3.85. The average molecular weight is 438 g/mol. The molecule has 8 heteroatoms. The number of rotatable bonds is 4. The molecule has 164 valence electrons. The maximum absolute atomic E-state index is 13.5. The lowest BCUT2D eigenvalue weighted by Crippen LogP contribution is -2.37. The van der Waals surface area contributed by atoms with Gasteiger partial charge in [-0.25, -0.2) is 17.6 Å². The van der Waals surface area contributed by atoms with Crippen LogP contribution in [0.15, 0.2) is 52.3 Å². The first-order valence-electron chi connectivity index (χ1n) is 9.92. The van der Waals surface area contributed by atoms with Crippen molar-refractivity contribution >= 4 is 15.9 Å². The number of hydrogen-bond donors (Lipinski definition) is 0. The zero-order valence-corrected chi connectivity index (χ0v) is 18.5. The predicted octanol–water partition coefficient (Wildman–Crippen LogP) is 3.94. The van der Waals surface area contributed by atoms with Crippen molar-refractivity contribution < 1.29 is 27.1 Å². The zero-order valence-electron chi connectivity index (χ0n) is 17.7. The molecule has 1 aromatic rings. The fraction of sp³-hybridized carbons (Fsp3) is 0.500. The zero-order chi connectivity index (χ0) is 22.1. The summed E-state index contributed by atoms with van der Waals surface area (Å²) in [5, 5.41) is 0. The molecule has 0 aromatic heterocycles. The number of carbonyl (C=O) groups excluding carboxylic acids is 1. The number of nitrogens with zero attached hydrogens (tertiary/aromatic N) is 1. The van der Waals surface area contributed by atoms with Crippen molar-refractivity contribution in [3.05, 3.63) is 53.2 Å². The summed E-state index contributed by atoms with van der Waals surface area (Å²) in [6.07, 6.45) is 4.91. The maximum Gasteiger partial charge on any atom is 0.410 e. The number of amides is 1. The van der Waals surface area contributed by atoms with E-state index in [2.05, 4.69) is 0 Å². The van der Waals surface area contributed by atoms with E-state index in [4.69, 9.17) is 9.47 Å². The molecule has 6 nitrogen and oxygen atoms in total. The summed E-state index contributed by atoms with van der Waals surface area (Å²) in [5.41, 5.74) is -0.558. The fourth-order valence-corrected chi connectivity index (χ4v) is 5.21. The van der Waals surface area contributed by atoms with E-state index in [1.807, 2.05) is 26.8 Å². The Balaban J connectivity index is 1.74. The number of allylic oxidation sites excluding steroid dienone is 1. The SMILES string of the molecule is COC1C=C(S(=O)(=O)c2cccc(F)c2)C=CC1[C@@H]1CCN(C(=O)OC(C)(C)C)C1. The van der Waals surface area contributed by atoms with E-state index in [1.165, 1.54) is 25.3 Å². The largest absolute Gasteiger partial charge is 0.444 e. The van der Waals surface area contributed by atoms with Crippen molar-refractivity contribution in [2.75, 3.05) is 20.2 Å². The quantitative estimate of drug-likeness (QED) is 0.713. The highest BCUT2D eigenvalue weighted by atomic mass is 32.2.